The second-order valence-electron chi connectivity index (χ2n) is 7.30. The summed E-state index contributed by atoms with van der Waals surface area (Å²) in [5.41, 5.74) is 1.39. The maximum absolute atomic E-state index is 14.6. The number of rotatable bonds is 0. The van der Waals surface area contributed by atoms with Crippen LogP contribution in [0, 0.1) is 0 Å². The van der Waals surface area contributed by atoms with Gasteiger partial charge in [-0.1, -0.05) is 0 Å². The number of anilines is 2. The van der Waals surface area contributed by atoms with Crippen molar-refractivity contribution in [2.75, 3.05) is 11.9 Å². The molecule has 0 saturated heterocycles. The van der Waals surface area contributed by atoms with Gasteiger partial charge in [0.2, 0.25) is 5.88 Å². The van der Waals surface area contributed by atoms with Crippen molar-refractivity contribution in [1.29, 1.82) is 0 Å². The van der Waals surface area contributed by atoms with Gasteiger partial charge >= 0.3 is 6.09 Å². The summed E-state index contributed by atoms with van der Waals surface area (Å²) in [7, 11) is 0. The van der Waals surface area contributed by atoms with E-state index in [0.29, 0.717) is 24.3 Å². The van der Waals surface area contributed by atoms with Crippen molar-refractivity contribution >= 4 is 17.6 Å². The molecule has 3 N–H and O–H groups in total. The molecule has 0 spiro atoms. The van der Waals surface area contributed by atoms with Crippen LogP contribution in [0.4, 0.5) is 25.1 Å². The average Bonchev–Trinajstić information content (AvgIpc) is 3.29. The van der Waals surface area contributed by atoms with Crippen molar-refractivity contribution in [3.05, 3.63) is 30.1 Å². The molecule has 1 aliphatic heterocycles. The summed E-state index contributed by atoms with van der Waals surface area (Å²) in [4.78, 5) is 16.0. The molecule has 1 saturated carbocycles. The quantitative estimate of drug-likeness (QED) is 0.613. The van der Waals surface area contributed by atoms with Gasteiger partial charge in [0.1, 0.15) is 6.10 Å². The number of nitrogens with zero attached hydrogens (tertiary/aromatic N) is 2. The lowest BCUT2D eigenvalue weighted by Crippen LogP contribution is -2.47. The van der Waals surface area contributed by atoms with E-state index >= 15 is 0 Å². The SMILES string of the molecule is [2H]C1([2H])CC(F)(F)[C@H](C)NC(=O)O[C@@H]2CC[C@@H](C2)c2cc(n[nH]2)Nc2ccnc(c2)O1. The van der Waals surface area contributed by atoms with E-state index in [-0.39, 0.29) is 11.8 Å². The molecule has 2 aromatic rings. The van der Waals surface area contributed by atoms with Gasteiger partial charge in [-0.05, 0) is 32.3 Å². The monoisotopic (exact) mass is 409 g/mol. The van der Waals surface area contributed by atoms with E-state index < -0.39 is 37.1 Å². The number of aromatic amines is 1. The summed E-state index contributed by atoms with van der Waals surface area (Å²) in [5, 5.41) is 12.4. The molecule has 156 valence electrons. The molecule has 0 unspecified atom stereocenters. The fraction of sp³-hybridized carbons (Fsp3) is 0.526. The third-order valence-electron chi connectivity index (χ3n) is 5.16. The number of H-pyrrole nitrogens is 1. The number of ether oxygens (including phenoxy) is 2. The minimum atomic E-state index is -3.59. The third-order valence-corrected chi connectivity index (χ3v) is 5.16. The number of alkyl halides is 2. The van der Waals surface area contributed by atoms with Crippen molar-refractivity contribution in [3.63, 3.8) is 0 Å². The molecule has 3 heterocycles. The van der Waals surface area contributed by atoms with Crippen molar-refractivity contribution in [1.82, 2.24) is 20.5 Å². The molecule has 6 bridgehead atoms. The van der Waals surface area contributed by atoms with E-state index in [1.807, 2.05) is 6.07 Å². The van der Waals surface area contributed by atoms with E-state index in [0.717, 1.165) is 19.0 Å². The minimum absolute atomic E-state index is 0.0992. The fourth-order valence-corrected chi connectivity index (χ4v) is 3.46. The van der Waals surface area contributed by atoms with Crippen LogP contribution in [0.2, 0.25) is 0 Å². The highest BCUT2D eigenvalue weighted by Crippen LogP contribution is 2.36. The smallest absolute Gasteiger partial charge is 0.407 e. The Morgan fingerprint density at radius 1 is 1.34 bits per heavy atom. The number of nitrogens with one attached hydrogen (secondary N) is 3. The summed E-state index contributed by atoms with van der Waals surface area (Å²) < 4.78 is 55.4. The molecule has 1 amide bonds. The summed E-state index contributed by atoms with van der Waals surface area (Å²) >= 11 is 0. The molecule has 0 aromatic carbocycles. The Morgan fingerprint density at radius 3 is 3.07 bits per heavy atom. The molecule has 4 rings (SSSR count). The lowest BCUT2D eigenvalue weighted by Gasteiger charge is -2.25. The van der Waals surface area contributed by atoms with Crippen LogP contribution in [0.3, 0.4) is 0 Å². The van der Waals surface area contributed by atoms with E-state index in [2.05, 4.69) is 25.8 Å². The number of alkyl carbamates (subject to hydrolysis) is 1. The molecular weight excluding hydrogens is 384 g/mol. The first-order valence-corrected chi connectivity index (χ1v) is 9.42. The Bertz CT molecular complexity index is 958. The first-order valence-electron chi connectivity index (χ1n) is 10.4. The van der Waals surface area contributed by atoms with Gasteiger partial charge in [-0.2, -0.15) is 5.10 Å². The van der Waals surface area contributed by atoms with Crippen molar-refractivity contribution in [2.24, 2.45) is 0 Å². The molecule has 29 heavy (non-hydrogen) atoms. The van der Waals surface area contributed by atoms with Crippen LogP contribution < -0.4 is 15.4 Å². The van der Waals surface area contributed by atoms with Crippen LogP contribution in [0.15, 0.2) is 24.4 Å². The van der Waals surface area contributed by atoms with Gasteiger partial charge < -0.3 is 20.1 Å². The summed E-state index contributed by atoms with van der Waals surface area (Å²) in [5.74, 6) is -3.13. The normalized spacial score (nSPS) is 29.6. The Balaban J connectivity index is 1.63. The van der Waals surface area contributed by atoms with Gasteiger partial charge in [0.15, 0.2) is 5.82 Å². The second-order valence-corrected chi connectivity index (χ2v) is 7.30. The largest absolute Gasteiger partial charge is 0.477 e. The molecule has 1 fully saturated rings. The van der Waals surface area contributed by atoms with Crippen molar-refractivity contribution in [2.45, 2.75) is 56.6 Å². The molecule has 1 aliphatic carbocycles. The molecule has 2 aromatic heterocycles. The lowest BCUT2D eigenvalue weighted by molar-refractivity contribution is -0.0485. The van der Waals surface area contributed by atoms with Crippen LogP contribution in [0.25, 0.3) is 0 Å². The van der Waals surface area contributed by atoms with Gasteiger partial charge in [-0.25, -0.2) is 18.6 Å². The van der Waals surface area contributed by atoms with Gasteiger partial charge in [0.05, 0.1) is 15.3 Å². The molecule has 8 nitrogen and oxygen atoms in total. The number of hydrogen-bond acceptors (Lipinski definition) is 6. The van der Waals surface area contributed by atoms with Gasteiger partial charge in [-0.15, -0.1) is 0 Å². The van der Waals surface area contributed by atoms with Gasteiger partial charge in [0.25, 0.3) is 5.92 Å². The predicted octanol–water partition coefficient (Wildman–Crippen LogP) is 3.72. The average molecular weight is 409 g/mol. The fourth-order valence-electron chi connectivity index (χ4n) is 3.46. The number of carbonyl (C=O) groups excluding carboxylic acids is 1. The zero-order valence-corrected chi connectivity index (χ0v) is 15.7. The highest BCUT2D eigenvalue weighted by molar-refractivity contribution is 5.68. The number of aromatic nitrogens is 3. The Kier molecular flexibility index (Phi) is 4.59. The van der Waals surface area contributed by atoms with Crippen LogP contribution in [0.1, 0.15) is 47.0 Å². The number of hydrogen-bond donors (Lipinski definition) is 3. The number of halogens is 2. The number of carbonyl (C=O) groups is 1. The number of amides is 1. The predicted molar refractivity (Wildman–Crippen MR) is 101 cm³/mol. The second kappa shape index (κ2) is 7.84. The third kappa shape index (κ3) is 4.57. The van der Waals surface area contributed by atoms with Crippen LogP contribution >= 0.6 is 0 Å². The Hall–Kier alpha value is -2.91. The zero-order valence-electron chi connectivity index (χ0n) is 17.7. The Labute approximate surface area is 169 Å². The van der Waals surface area contributed by atoms with E-state index in [1.165, 1.54) is 12.3 Å². The first kappa shape index (κ1) is 17.0. The lowest BCUT2D eigenvalue weighted by atomic mass is 10.0. The molecule has 10 heteroatoms. The molecule has 2 aliphatic rings. The summed E-state index contributed by atoms with van der Waals surface area (Å²) in [6.45, 7) is -1.64. The van der Waals surface area contributed by atoms with Crippen molar-refractivity contribution in [3.8, 4) is 5.88 Å². The maximum atomic E-state index is 14.6. The van der Waals surface area contributed by atoms with Crippen LogP contribution in [-0.2, 0) is 4.74 Å². The van der Waals surface area contributed by atoms with Crippen LogP contribution in [0.5, 0.6) is 5.88 Å². The highest BCUT2D eigenvalue weighted by atomic mass is 19.3. The van der Waals surface area contributed by atoms with E-state index in [9.17, 15) is 13.6 Å². The molecule has 3 atom stereocenters. The number of pyridine rings is 1. The summed E-state index contributed by atoms with van der Waals surface area (Å²) in [6.07, 6.45) is 0.654. The van der Waals surface area contributed by atoms with E-state index in [1.54, 1.807) is 6.07 Å². The summed E-state index contributed by atoms with van der Waals surface area (Å²) in [6, 6.07) is 3.21. The minimum Gasteiger partial charge on any atom is -0.477 e. The van der Waals surface area contributed by atoms with Gasteiger partial charge in [0, 0.05) is 42.0 Å². The zero-order chi connectivity index (χ0) is 22.2. The van der Waals surface area contributed by atoms with Crippen molar-refractivity contribution < 1.29 is 25.8 Å². The maximum Gasteiger partial charge on any atom is 0.407 e. The first-order chi connectivity index (χ1) is 14.6. The standard InChI is InChI=1S/C19H23F2N5O3/c1-11-19(20,21)5-7-28-17-9-13(4-6-22-17)24-16-10-15(25-26-16)12-2-3-14(8-12)29-18(27)23-11/h4,6,9-12,14H,2-3,5,7-8H2,1H3,(H,23,27)(H2,24,25,26)/t11-,12-,14+/m0/s1/i7D2. The highest BCUT2D eigenvalue weighted by Gasteiger charge is 2.38. The van der Waals surface area contributed by atoms with E-state index in [4.69, 9.17) is 12.2 Å². The molecular formula is C19H23F2N5O3. The number of fused-ring (bicyclic) bond motifs is 7. The Morgan fingerprint density at radius 2 is 2.21 bits per heavy atom. The molecule has 0 radical (unpaired) electrons. The van der Waals surface area contributed by atoms with Gasteiger partial charge in [-0.3, -0.25) is 5.10 Å². The van der Waals surface area contributed by atoms with Crippen LogP contribution in [-0.4, -0.2) is 45.9 Å². The topological polar surface area (TPSA) is 101 Å².